The number of benzene rings is 1. The summed E-state index contributed by atoms with van der Waals surface area (Å²) < 4.78 is 5.30. The zero-order valence-electron chi connectivity index (χ0n) is 9.26. The van der Waals surface area contributed by atoms with Gasteiger partial charge in [0.05, 0.1) is 6.42 Å². The quantitative estimate of drug-likeness (QED) is 0.609. The van der Waals surface area contributed by atoms with E-state index in [2.05, 4.69) is 0 Å². The predicted molar refractivity (Wildman–Crippen MR) is 59.6 cm³/mol. The average molecular weight is 205 g/mol. The van der Waals surface area contributed by atoms with Gasteiger partial charge >= 0.3 is 0 Å². The van der Waals surface area contributed by atoms with Gasteiger partial charge in [0.15, 0.2) is 5.90 Å². The first-order valence-corrected chi connectivity index (χ1v) is 4.81. The first-order chi connectivity index (χ1) is 6.99. The van der Waals surface area contributed by atoms with E-state index in [1.165, 1.54) is 6.92 Å². The molecule has 3 heteroatoms. The third-order valence-corrected chi connectivity index (χ3v) is 1.99. The number of carbonyl (C=O) groups is 1. The molecule has 3 nitrogen and oxygen atoms in total. The standard InChI is InChI=1S/C12H15NO2/c1-8-4-5-9(2)11(6-8)15-12(13)7-10(3)14/h4-6,13H,7H2,1-3H3. The van der Waals surface area contributed by atoms with E-state index in [-0.39, 0.29) is 18.1 Å². The van der Waals surface area contributed by atoms with Crippen LogP contribution in [0.4, 0.5) is 0 Å². The number of hydrogen-bond acceptors (Lipinski definition) is 3. The molecule has 0 atom stereocenters. The molecule has 0 aliphatic carbocycles. The van der Waals surface area contributed by atoms with Gasteiger partial charge in [-0.3, -0.25) is 10.2 Å². The molecule has 0 aliphatic rings. The van der Waals surface area contributed by atoms with Crippen LogP contribution in [0.1, 0.15) is 24.5 Å². The summed E-state index contributed by atoms with van der Waals surface area (Å²) in [6, 6.07) is 5.78. The summed E-state index contributed by atoms with van der Waals surface area (Å²) in [6.45, 7) is 5.32. The van der Waals surface area contributed by atoms with E-state index in [4.69, 9.17) is 10.1 Å². The van der Waals surface area contributed by atoms with E-state index in [9.17, 15) is 4.79 Å². The second kappa shape index (κ2) is 4.73. The van der Waals surface area contributed by atoms with Crippen LogP contribution in [0.25, 0.3) is 0 Å². The molecule has 0 heterocycles. The Hall–Kier alpha value is -1.64. The maximum absolute atomic E-state index is 10.8. The molecule has 0 unspecified atom stereocenters. The highest BCUT2D eigenvalue weighted by molar-refractivity contribution is 5.96. The lowest BCUT2D eigenvalue weighted by atomic mass is 10.1. The van der Waals surface area contributed by atoms with E-state index in [0.717, 1.165) is 11.1 Å². The topological polar surface area (TPSA) is 50.2 Å². The van der Waals surface area contributed by atoms with Gasteiger partial charge in [0, 0.05) is 0 Å². The summed E-state index contributed by atoms with van der Waals surface area (Å²) >= 11 is 0. The molecular formula is C12H15NO2. The molecule has 0 radical (unpaired) electrons. The number of rotatable bonds is 3. The van der Waals surface area contributed by atoms with Gasteiger partial charge in [-0.2, -0.15) is 0 Å². The lowest BCUT2D eigenvalue weighted by molar-refractivity contribution is -0.116. The first kappa shape index (κ1) is 11.4. The van der Waals surface area contributed by atoms with Crippen molar-refractivity contribution in [2.75, 3.05) is 0 Å². The molecule has 1 aromatic carbocycles. The normalized spacial score (nSPS) is 9.80. The second-order valence-corrected chi connectivity index (χ2v) is 3.67. The Morgan fingerprint density at radius 3 is 2.67 bits per heavy atom. The molecule has 0 aromatic heterocycles. The number of hydrogen-bond donors (Lipinski definition) is 1. The van der Waals surface area contributed by atoms with Crippen LogP contribution >= 0.6 is 0 Å². The van der Waals surface area contributed by atoms with E-state index < -0.39 is 0 Å². The van der Waals surface area contributed by atoms with E-state index >= 15 is 0 Å². The Morgan fingerprint density at radius 2 is 2.07 bits per heavy atom. The zero-order chi connectivity index (χ0) is 11.4. The minimum Gasteiger partial charge on any atom is -0.443 e. The van der Waals surface area contributed by atoms with E-state index in [1.54, 1.807) is 0 Å². The summed E-state index contributed by atoms with van der Waals surface area (Å²) in [5.74, 6) is 0.586. The largest absolute Gasteiger partial charge is 0.443 e. The van der Waals surface area contributed by atoms with Gasteiger partial charge < -0.3 is 4.74 Å². The van der Waals surface area contributed by atoms with Gasteiger partial charge in [-0.25, -0.2) is 0 Å². The van der Waals surface area contributed by atoms with Gasteiger partial charge in [-0.1, -0.05) is 12.1 Å². The lowest BCUT2D eigenvalue weighted by Gasteiger charge is -2.09. The molecule has 1 N–H and O–H groups in total. The number of carbonyl (C=O) groups excluding carboxylic acids is 1. The van der Waals surface area contributed by atoms with Crippen LogP contribution in [0.2, 0.25) is 0 Å². The molecule has 0 bridgehead atoms. The highest BCUT2D eigenvalue weighted by Gasteiger charge is 2.06. The van der Waals surface area contributed by atoms with Crippen molar-refractivity contribution < 1.29 is 9.53 Å². The summed E-state index contributed by atoms with van der Waals surface area (Å²) in [4.78, 5) is 10.8. The molecule has 1 rings (SSSR count). The maximum Gasteiger partial charge on any atom is 0.194 e. The van der Waals surface area contributed by atoms with E-state index in [1.807, 2.05) is 32.0 Å². The van der Waals surface area contributed by atoms with Gasteiger partial charge in [-0.15, -0.1) is 0 Å². The fourth-order valence-corrected chi connectivity index (χ4v) is 1.21. The van der Waals surface area contributed by atoms with Crippen molar-refractivity contribution in [3.05, 3.63) is 29.3 Å². The molecule has 0 spiro atoms. The Kier molecular flexibility index (Phi) is 3.61. The van der Waals surface area contributed by atoms with Crippen LogP contribution in [0.3, 0.4) is 0 Å². The van der Waals surface area contributed by atoms with Crippen LogP contribution in [-0.2, 0) is 4.79 Å². The van der Waals surface area contributed by atoms with Crippen molar-refractivity contribution in [1.82, 2.24) is 0 Å². The molecule has 0 fully saturated rings. The summed E-state index contributed by atoms with van der Waals surface area (Å²) in [5, 5.41) is 7.48. The molecule has 0 saturated carbocycles. The van der Waals surface area contributed by atoms with Gasteiger partial charge in [0.2, 0.25) is 0 Å². The molecule has 80 valence electrons. The van der Waals surface area contributed by atoms with Gasteiger partial charge in [0.1, 0.15) is 11.5 Å². The molecular weight excluding hydrogens is 190 g/mol. The van der Waals surface area contributed by atoms with Crippen molar-refractivity contribution >= 4 is 11.7 Å². The summed E-state index contributed by atoms with van der Waals surface area (Å²) in [6.07, 6.45) is 0.0490. The average Bonchev–Trinajstić information content (AvgIpc) is 2.10. The minimum atomic E-state index is -0.0645. The fraction of sp³-hybridized carbons (Fsp3) is 0.333. The monoisotopic (exact) mass is 205 g/mol. The van der Waals surface area contributed by atoms with Crippen LogP contribution in [0.5, 0.6) is 5.75 Å². The molecule has 1 aromatic rings. The Labute approximate surface area is 89.6 Å². The number of aryl methyl sites for hydroxylation is 2. The van der Waals surface area contributed by atoms with Gasteiger partial charge in [0.25, 0.3) is 0 Å². The number of ketones is 1. The van der Waals surface area contributed by atoms with Crippen molar-refractivity contribution in [3.63, 3.8) is 0 Å². The highest BCUT2D eigenvalue weighted by atomic mass is 16.5. The van der Waals surface area contributed by atoms with Crippen molar-refractivity contribution in [3.8, 4) is 5.75 Å². The molecule has 15 heavy (non-hydrogen) atoms. The number of Topliss-reactive ketones (excluding diaryl/α,β-unsaturated/α-hetero) is 1. The minimum absolute atomic E-state index is 0.00352. The third-order valence-electron chi connectivity index (χ3n) is 1.99. The Bertz CT molecular complexity index is 397. The number of nitrogens with one attached hydrogen (secondary N) is 1. The summed E-state index contributed by atoms with van der Waals surface area (Å²) in [5.41, 5.74) is 2.04. The van der Waals surface area contributed by atoms with Gasteiger partial charge in [-0.05, 0) is 38.0 Å². The maximum atomic E-state index is 10.8. The first-order valence-electron chi connectivity index (χ1n) is 4.81. The Balaban J connectivity index is 2.76. The predicted octanol–water partition coefficient (Wildman–Crippen LogP) is 2.64. The molecule has 0 saturated heterocycles. The zero-order valence-corrected chi connectivity index (χ0v) is 9.26. The second-order valence-electron chi connectivity index (χ2n) is 3.67. The van der Waals surface area contributed by atoms with Crippen LogP contribution in [0.15, 0.2) is 18.2 Å². The van der Waals surface area contributed by atoms with E-state index in [0.29, 0.717) is 5.75 Å². The third kappa shape index (κ3) is 3.54. The SMILES string of the molecule is CC(=O)CC(=N)Oc1cc(C)ccc1C. The summed E-state index contributed by atoms with van der Waals surface area (Å²) in [7, 11) is 0. The molecule has 0 amide bonds. The lowest BCUT2D eigenvalue weighted by Crippen LogP contribution is -2.11. The highest BCUT2D eigenvalue weighted by Crippen LogP contribution is 2.19. The van der Waals surface area contributed by atoms with Crippen molar-refractivity contribution in [2.24, 2.45) is 0 Å². The Morgan fingerprint density at radius 1 is 1.40 bits per heavy atom. The smallest absolute Gasteiger partial charge is 0.194 e. The van der Waals surface area contributed by atoms with Crippen molar-refractivity contribution in [1.29, 1.82) is 5.41 Å². The number of ether oxygens (including phenoxy) is 1. The van der Waals surface area contributed by atoms with Crippen LogP contribution in [-0.4, -0.2) is 11.7 Å². The van der Waals surface area contributed by atoms with Crippen molar-refractivity contribution in [2.45, 2.75) is 27.2 Å². The van der Waals surface area contributed by atoms with Crippen LogP contribution in [0, 0.1) is 19.3 Å². The molecule has 0 aliphatic heterocycles. The van der Waals surface area contributed by atoms with Crippen LogP contribution < -0.4 is 4.74 Å². The fourth-order valence-electron chi connectivity index (χ4n) is 1.21.